The fourth-order valence-electron chi connectivity index (χ4n) is 9.40. The highest BCUT2D eigenvalue weighted by Crippen LogP contribution is 2.42. The van der Waals surface area contributed by atoms with Crippen LogP contribution in [-0.4, -0.2) is 29.1 Å². The van der Waals surface area contributed by atoms with Crippen molar-refractivity contribution in [3.63, 3.8) is 0 Å². The van der Waals surface area contributed by atoms with Gasteiger partial charge in [0.05, 0.1) is 27.6 Å². The highest BCUT2D eigenvalue weighted by molar-refractivity contribution is 6.23. The average Bonchev–Trinajstić information content (AvgIpc) is 4.08. The van der Waals surface area contributed by atoms with Crippen LogP contribution < -0.4 is 0 Å². The van der Waals surface area contributed by atoms with Crippen LogP contribution in [0.5, 0.6) is 0 Å². The third kappa shape index (κ3) is 6.05. The zero-order chi connectivity index (χ0) is 42.8. The van der Waals surface area contributed by atoms with Crippen LogP contribution in [0.15, 0.2) is 223 Å². The molecule has 4 heterocycles. The third-order valence-electron chi connectivity index (χ3n) is 12.5. The van der Waals surface area contributed by atoms with E-state index in [-0.39, 0.29) is 0 Å². The van der Waals surface area contributed by atoms with E-state index >= 15 is 0 Å². The summed E-state index contributed by atoms with van der Waals surface area (Å²) in [6.07, 6.45) is 0. The minimum atomic E-state index is 0.480. The summed E-state index contributed by atoms with van der Waals surface area (Å²) >= 11 is 0. The van der Waals surface area contributed by atoms with Gasteiger partial charge < -0.3 is 8.98 Å². The molecule has 7 heteroatoms. The summed E-state index contributed by atoms with van der Waals surface area (Å²) in [6.45, 7) is 0. The van der Waals surface area contributed by atoms with Crippen molar-refractivity contribution in [3.8, 4) is 68.1 Å². The molecule has 0 saturated carbocycles. The zero-order valence-corrected chi connectivity index (χ0v) is 34.9. The number of hydrogen-bond donors (Lipinski definition) is 0. The van der Waals surface area contributed by atoms with Gasteiger partial charge in [0.1, 0.15) is 5.52 Å². The fourth-order valence-corrected chi connectivity index (χ4v) is 9.40. The van der Waals surface area contributed by atoms with E-state index in [1.54, 1.807) is 0 Å². The van der Waals surface area contributed by atoms with Gasteiger partial charge in [-0.05, 0) is 70.8 Å². The van der Waals surface area contributed by atoms with Crippen molar-refractivity contribution < 1.29 is 4.42 Å². The summed E-state index contributed by atoms with van der Waals surface area (Å²) < 4.78 is 11.2. The molecular formula is C58H36N6O. The molecule has 0 amide bonds. The molecule has 0 unspecified atom stereocenters. The Bertz CT molecular complexity index is 3910. The van der Waals surface area contributed by atoms with Crippen LogP contribution in [-0.2, 0) is 0 Å². The van der Waals surface area contributed by atoms with E-state index in [1.165, 1.54) is 5.56 Å². The second kappa shape index (κ2) is 14.9. The van der Waals surface area contributed by atoms with E-state index < -0.39 is 0 Å². The molecule has 0 aliphatic heterocycles. The molecule has 7 nitrogen and oxygen atoms in total. The molecule has 0 bridgehead atoms. The third-order valence-corrected chi connectivity index (χ3v) is 12.5. The lowest BCUT2D eigenvalue weighted by atomic mass is 10.0. The normalized spacial score (nSPS) is 11.7. The average molecular weight is 833 g/mol. The van der Waals surface area contributed by atoms with Gasteiger partial charge in [-0.1, -0.05) is 170 Å². The topological polar surface area (TPSA) is 74.6 Å². The van der Waals surface area contributed by atoms with Crippen LogP contribution in [0.4, 0.5) is 0 Å². The first-order valence-corrected chi connectivity index (χ1v) is 21.7. The number of oxazole rings is 1. The largest absolute Gasteiger partial charge is 0.435 e. The van der Waals surface area contributed by atoms with Crippen molar-refractivity contribution in [2.45, 2.75) is 0 Å². The summed E-state index contributed by atoms with van der Waals surface area (Å²) in [5.41, 5.74) is 13.6. The number of nitrogens with zero attached hydrogens (tertiary/aromatic N) is 6. The van der Waals surface area contributed by atoms with Gasteiger partial charge in [-0.3, -0.25) is 4.57 Å². The lowest BCUT2D eigenvalue weighted by molar-refractivity contribution is 0.620. The van der Waals surface area contributed by atoms with Gasteiger partial charge in [0.15, 0.2) is 17.2 Å². The van der Waals surface area contributed by atoms with Crippen LogP contribution in [0.2, 0.25) is 0 Å². The molecular weight excluding hydrogens is 797 g/mol. The maximum absolute atomic E-state index is 6.59. The van der Waals surface area contributed by atoms with E-state index in [2.05, 4.69) is 173 Å². The van der Waals surface area contributed by atoms with Crippen molar-refractivity contribution >= 4 is 54.7 Å². The number of aromatic nitrogens is 6. The van der Waals surface area contributed by atoms with Crippen molar-refractivity contribution in [1.82, 2.24) is 29.1 Å². The van der Waals surface area contributed by atoms with Crippen LogP contribution in [0.3, 0.4) is 0 Å². The first-order valence-electron chi connectivity index (χ1n) is 21.7. The second-order valence-corrected chi connectivity index (χ2v) is 16.2. The fraction of sp³-hybridized carbons (Fsp3) is 0. The predicted molar refractivity (Wildman–Crippen MR) is 263 cm³/mol. The molecule has 304 valence electrons. The maximum Gasteiger partial charge on any atom is 0.238 e. The molecule has 0 atom stereocenters. The molecule has 0 spiro atoms. The molecule has 0 N–H and O–H groups in total. The van der Waals surface area contributed by atoms with Gasteiger partial charge in [-0.25, -0.2) is 9.97 Å². The minimum absolute atomic E-state index is 0.480. The summed E-state index contributed by atoms with van der Waals surface area (Å²) in [5.74, 6) is 2.05. The highest BCUT2D eigenvalue weighted by Gasteiger charge is 2.24. The molecule has 0 fully saturated rings. The number of para-hydroxylation sites is 3. The van der Waals surface area contributed by atoms with E-state index in [4.69, 9.17) is 24.4 Å². The van der Waals surface area contributed by atoms with Gasteiger partial charge in [0, 0.05) is 38.4 Å². The number of rotatable bonds is 7. The summed E-state index contributed by atoms with van der Waals surface area (Å²) in [5, 5.41) is 4.49. The monoisotopic (exact) mass is 832 g/mol. The van der Waals surface area contributed by atoms with Crippen LogP contribution in [0.1, 0.15) is 0 Å². The number of benzene rings is 9. The standard InChI is InChI=1S/C58H36N6O/c1-4-15-37(16-5-1)39-27-29-41(30-28-39)55-60-56(48-23-14-24-49-54(48)65-57(59-49)42-19-8-3-9-20-42)62-58(61-55)64-51-26-13-11-22-45(51)47-36-35-46-44-21-10-12-25-50(44)63(52(46)53(47)64)43-33-31-40(32-34-43)38-17-6-2-7-18-38/h1-36H. The van der Waals surface area contributed by atoms with Crippen molar-refractivity contribution in [1.29, 1.82) is 0 Å². The van der Waals surface area contributed by atoms with Gasteiger partial charge >= 0.3 is 0 Å². The SMILES string of the molecule is c1ccc(-c2ccc(-c3nc(-c4cccc5nc(-c6ccccc6)oc45)nc(-n4c5ccccc5c5ccc6c7ccccc7n(-c7ccc(-c8ccccc8)cc7)c6c54)n3)cc2)cc1. The molecule has 13 rings (SSSR count). The van der Waals surface area contributed by atoms with E-state index in [1.807, 2.05) is 54.6 Å². The van der Waals surface area contributed by atoms with Gasteiger partial charge in [0.2, 0.25) is 11.8 Å². The van der Waals surface area contributed by atoms with E-state index in [0.717, 1.165) is 88.2 Å². The Morgan fingerprint density at radius 3 is 1.45 bits per heavy atom. The molecule has 4 aromatic heterocycles. The Morgan fingerprint density at radius 2 is 0.815 bits per heavy atom. The Hall–Kier alpha value is -8.94. The Kier molecular flexibility index (Phi) is 8.39. The lowest BCUT2D eigenvalue weighted by Crippen LogP contribution is -2.07. The first kappa shape index (κ1) is 36.7. The van der Waals surface area contributed by atoms with Crippen LogP contribution in [0, 0.1) is 0 Å². The number of fused-ring (bicyclic) bond motifs is 8. The van der Waals surface area contributed by atoms with Crippen molar-refractivity contribution in [3.05, 3.63) is 218 Å². The molecule has 0 aliphatic rings. The van der Waals surface area contributed by atoms with Gasteiger partial charge in [-0.2, -0.15) is 9.97 Å². The molecule has 65 heavy (non-hydrogen) atoms. The van der Waals surface area contributed by atoms with Crippen LogP contribution in [0.25, 0.3) is 123 Å². The molecule has 0 radical (unpaired) electrons. The zero-order valence-electron chi connectivity index (χ0n) is 34.9. The Balaban J connectivity index is 1.09. The van der Waals surface area contributed by atoms with Crippen LogP contribution >= 0.6 is 0 Å². The lowest BCUT2D eigenvalue weighted by Gasteiger charge is -2.14. The predicted octanol–water partition coefficient (Wildman–Crippen LogP) is 14.5. The first-order chi connectivity index (χ1) is 32.2. The number of hydrogen-bond acceptors (Lipinski definition) is 5. The van der Waals surface area contributed by atoms with E-state index in [0.29, 0.717) is 29.1 Å². The smallest absolute Gasteiger partial charge is 0.238 e. The molecule has 9 aromatic carbocycles. The van der Waals surface area contributed by atoms with Gasteiger partial charge in [0.25, 0.3) is 0 Å². The Labute approximate surface area is 373 Å². The van der Waals surface area contributed by atoms with E-state index in [9.17, 15) is 0 Å². The van der Waals surface area contributed by atoms with Gasteiger partial charge in [-0.15, -0.1) is 0 Å². The molecule has 13 aromatic rings. The van der Waals surface area contributed by atoms with Crippen molar-refractivity contribution in [2.24, 2.45) is 0 Å². The summed E-state index contributed by atoms with van der Waals surface area (Å²) in [6, 6.07) is 75.8. The molecule has 0 saturated heterocycles. The molecule has 0 aliphatic carbocycles. The maximum atomic E-state index is 6.59. The summed E-state index contributed by atoms with van der Waals surface area (Å²) in [4.78, 5) is 21.0. The highest BCUT2D eigenvalue weighted by atomic mass is 16.3. The second-order valence-electron chi connectivity index (χ2n) is 16.2. The minimum Gasteiger partial charge on any atom is -0.435 e. The van der Waals surface area contributed by atoms with Crippen molar-refractivity contribution in [2.75, 3.05) is 0 Å². The quantitative estimate of drug-likeness (QED) is 0.160. The Morgan fingerprint density at radius 1 is 0.323 bits per heavy atom. The summed E-state index contributed by atoms with van der Waals surface area (Å²) in [7, 11) is 0.